The summed E-state index contributed by atoms with van der Waals surface area (Å²) in [6.07, 6.45) is 1.16. The number of amides is 1. The molecule has 1 amide bonds. The Bertz CT molecular complexity index is 235. The van der Waals surface area contributed by atoms with Crippen LogP contribution in [0, 0.1) is 0 Å². The largest absolute Gasteiger partial charge is 0.514 e. The SMILES string of the molecule is CC(C)(C)[N+]1(C(=O)O)CCC[C@@H]1CN. The summed E-state index contributed by atoms with van der Waals surface area (Å²) in [4.78, 5) is 11.5. The average Bonchev–Trinajstić information content (AvgIpc) is 2.46. The van der Waals surface area contributed by atoms with Crippen molar-refractivity contribution in [2.45, 2.75) is 45.2 Å². The van der Waals surface area contributed by atoms with E-state index in [0.717, 1.165) is 12.8 Å². The van der Waals surface area contributed by atoms with Gasteiger partial charge in [0.05, 0.1) is 6.54 Å². The number of hydrogen-bond acceptors (Lipinski definition) is 2. The normalized spacial score (nSPS) is 33.3. The van der Waals surface area contributed by atoms with Crippen LogP contribution < -0.4 is 5.73 Å². The van der Waals surface area contributed by atoms with Crippen molar-refractivity contribution in [1.82, 2.24) is 0 Å². The fourth-order valence-electron chi connectivity index (χ4n) is 2.70. The minimum absolute atomic E-state index is 0.0764. The van der Waals surface area contributed by atoms with E-state index in [9.17, 15) is 9.90 Å². The Hall–Kier alpha value is -0.610. The smallest absolute Gasteiger partial charge is 0.435 e. The van der Waals surface area contributed by atoms with Crippen LogP contribution in [0.15, 0.2) is 0 Å². The van der Waals surface area contributed by atoms with Crippen molar-refractivity contribution < 1.29 is 14.4 Å². The van der Waals surface area contributed by atoms with Crippen molar-refractivity contribution in [2.24, 2.45) is 5.73 Å². The zero-order valence-corrected chi connectivity index (χ0v) is 9.29. The van der Waals surface area contributed by atoms with Crippen LogP contribution >= 0.6 is 0 Å². The summed E-state index contributed by atoms with van der Waals surface area (Å²) in [6.45, 7) is 7.11. The van der Waals surface area contributed by atoms with E-state index in [1.807, 2.05) is 20.8 Å². The molecule has 1 aliphatic heterocycles. The van der Waals surface area contributed by atoms with Crippen LogP contribution in [0.4, 0.5) is 4.79 Å². The van der Waals surface area contributed by atoms with Gasteiger partial charge in [0, 0.05) is 19.4 Å². The highest BCUT2D eigenvalue weighted by atomic mass is 16.4. The number of nitrogens with zero attached hydrogens (tertiary/aromatic N) is 1. The summed E-state index contributed by atoms with van der Waals surface area (Å²) in [5.74, 6) is 0. The molecule has 3 N–H and O–H groups in total. The van der Waals surface area contributed by atoms with Crippen molar-refractivity contribution in [3.63, 3.8) is 0 Å². The molecule has 0 aromatic rings. The molecular weight excluding hydrogens is 180 g/mol. The lowest BCUT2D eigenvalue weighted by Gasteiger charge is -2.44. The van der Waals surface area contributed by atoms with Gasteiger partial charge in [-0.25, -0.2) is 4.48 Å². The summed E-state index contributed by atoms with van der Waals surface area (Å²) >= 11 is 0. The third-order valence-electron chi connectivity index (χ3n) is 3.48. The summed E-state index contributed by atoms with van der Waals surface area (Å²) in [6, 6.07) is 0.0764. The van der Waals surface area contributed by atoms with Gasteiger partial charge in [-0.15, -0.1) is 0 Å². The van der Waals surface area contributed by atoms with Gasteiger partial charge in [0.25, 0.3) is 0 Å². The van der Waals surface area contributed by atoms with Gasteiger partial charge in [0.1, 0.15) is 11.6 Å². The molecule has 1 rings (SSSR count). The first kappa shape index (κ1) is 11.5. The highest BCUT2D eigenvalue weighted by Gasteiger charge is 2.55. The number of likely N-dealkylation sites (tertiary alicyclic amines) is 1. The molecule has 0 saturated carbocycles. The quantitative estimate of drug-likeness (QED) is 0.630. The number of nitrogens with two attached hydrogens (primary N) is 1. The Kier molecular flexibility index (Phi) is 2.88. The summed E-state index contributed by atoms with van der Waals surface area (Å²) in [5, 5.41) is 9.42. The molecule has 0 bridgehead atoms. The van der Waals surface area contributed by atoms with E-state index < -0.39 is 6.09 Å². The first-order valence-corrected chi connectivity index (χ1v) is 5.17. The fraction of sp³-hybridized carbons (Fsp3) is 0.900. The van der Waals surface area contributed by atoms with Gasteiger partial charge in [-0.2, -0.15) is 4.79 Å². The minimum Gasteiger partial charge on any atom is -0.435 e. The lowest BCUT2D eigenvalue weighted by Crippen LogP contribution is -2.67. The standard InChI is InChI=1S/C10H20N2O2/c1-10(2,3)12(9(13)14)6-4-5-8(12)7-11/h8H,4-7,11H2,1-3H3/p+1/t8-,12?/m1/s1. The second kappa shape index (κ2) is 3.51. The molecule has 2 atom stereocenters. The molecule has 4 heteroatoms. The predicted molar refractivity (Wildman–Crippen MR) is 55.0 cm³/mol. The molecule has 4 nitrogen and oxygen atoms in total. The zero-order valence-electron chi connectivity index (χ0n) is 9.29. The van der Waals surface area contributed by atoms with E-state index in [1.165, 1.54) is 0 Å². The maximum Gasteiger partial charge on any atom is 0.514 e. The Morgan fingerprint density at radius 2 is 2.14 bits per heavy atom. The number of quaternary nitrogens is 1. The van der Waals surface area contributed by atoms with E-state index in [1.54, 1.807) is 0 Å². The van der Waals surface area contributed by atoms with E-state index in [0.29, 0.717) is 13.1 Å². The molecule has 0 radical (unpaired) electrons. The van der Waals surface area contributed by atoms with Crippen LogP contribution in [0.3, 0.4) is 0 Å². The van der Waals surface area contributed by atoms with Crippen LogP contribution in [0.25, 0.3) is 0 Å². The number of carboxylic acid groups (broad SMARTS) is 1. The fourth-order valence-corrected chi connectivity index (χ4v) is 2.70. The third-order valence-corrected chi connectivity index (χ3v) is 3.48. The highest BCUT2D eigenvalue weighted by Crippen LogP contribution is 2.36. The predicted octanol–water partition coefficient (Wildman–Crippen LogP) is 1.40. The van der Waals surface area contributed by atoms with Crippen LogP contribution in [0.2, 0.25) is 0 Å². The van der Waals surface area contributed by atoms with Gasteiger partial charge in [-0.3, -0.25) is 0 Å². The minimum atomic E-state index is -0.731. The molecule has 1 aliphatic rings. The van der Waals surface area contributed by atoms with Crippen molar-refractivity contribution >= 4 is 6.09 Å². The second-order valence-corrected chi connectivity index (χ2v) is 5.08. The van der Waals surface area contributed by atoms with Crippen LogP contribution in [0.5, 0.6) is 0 Å². The monoisotopic (exact) mass is 201 g/mol. The highest BCUT2D eigenvalue weighted by molar-refractivity contribution is 5.58. The first-order valence-electron chi connectivity index (χ1n) is 5.17. The third kappa shape index (κ3) is 1.42. The van der Waals surface area contributed by atoms with E-state index >= 15 is 0 Å². The molecule has 0 aliphatic carbocycles. The van der Waals surface area contributed by atoms with E-state index in [4.69, 9.17) is 5.73 Å². The average molecular weight is 201 g/mol. The first-order chi connectivity index (χ1) is 6.36. The number of carbonyl (C=O) groups is 1. The van der Waals surface area contributed by atoms with E-state index in [-0.39, 0.29) is 16.1 Å². The summed E-state index contributed by atoms with van der Waals surface area (Å²) < 4.78 is 0.128. The Balaban J connectivity index is 3.10. The molecule has 14 heavy (non-hydrogen) atoms. The lowest BCUT2D eigenvalue weighted by atomic mass is 10.00. The van der Waals surface area contributed by atoms with Gasteiger partial charge in [-0.05, 0) is 20.8 Å². The maximum absolute atomic E-state index is 11.5. The van der Waals surface area contributed by atoms with Gasteiger partial charge in [0.2, 0.25) is 0 Å². The van der Waals surface area contributed by atoms with Crippen molar-refractivity contribution in [3.05, 3.63) is 0 Å². The van der Waals surface area contributed by atoms with Gasteiger partial charge in [-0.1, -0.05) is 0 Å². The number of hydrogen-bond donors (Lipinski definition) is 2. The van der Waals surface area contributed by atoms with Gasteiger partial charge < -0.3 is 10.8 Å². The van der Waals surface area contributed by atoms with Crippen molar-refractivity contribution in [3.8, 4) is 0 Å². The molecule has 0 aromatic carbocycles. The molecule has 1 fully saturated rings. The Morgan fingerprint density at radius 1 is 1.57 bits per heavy atom. The van der Waals surface area contributed by atoms with Gasteiger partial charge >= 0.3 is 6.09 Å². The molecule has 82 valence electrons. The molecule has 1 saturated heterocycles. The Labute approximate surface area is 85.3 Å². The molecule has 1 heterocycles. The molecule has 0 spiro atoms. The molecule has 0 aromatic heterocycles. The zero-order chi connectivity index (χ0) is 11.0. The van der Waals surface area contributed by atoms with Crippen molar-refractivity contribution in [1.29, 1.82) is 0 Å². The van der Waals surface area contributed by atoms with E-state index in [2.05, 4.69) is 0 Å². The van der Waals surface area contributed by atoms with Gasteiger partial charge in [0.15, 0.2) is 0 Å². The van der Waals surface area contributed by atoms with Crippen molar-refractivity contribution in [2.75, 3.05) is 13.1 Å². The second-order valence-electron chi connectivity index (χ2n) is 5.08. The summed E-state index contributed by atoms with van der Waals surface area (Å²) in [7, 11) is 0. The van der Waals surface area contributed by atoms with Crippen LogP contribution in [-0.4, -0.2) is 40.4 Å². The maximum atomic E-state index is 11.5. The molecular formula is C10H21N2O2+. The lowest BCUT2D eigenvalue weighted by molar-refractivity contribution is -0.913. The molecule has 1 unspecified atom stereocenters. The topological polar surface area (TPSA) is 63.3 Å². The number of rotatable bonds is 1. The Morgan fingerprint density at radius 3 is 2.43 bits per heavy atom. The summed E-state index contributed by atoms with van der Waals surface area (Å²) in [5.41, 5.74) is 5.39. The van der Waals surface area contributed by atoms with Crippen LogP contribution in [-0.2, 0) is 0 Å². The van der Waals surface area contributed by atoms with Crippen LogP contribution in [0.1, 0.15) is 33.6 Å².